The Bertz CT molecular complexity index is 694. The SMILES string of the molecule is CCCCCCCCCCCCC1(CCCCCCCCCC)C(C)=Nc2ccc(OC)cc21. The number of unbranched alkanes of at least 4 members (excludes halogenated alkanes) is 16. The number of nitrogens with zero attached hydrogens (tertiary/aromatic N) is 1. The summed E-state index contributed by atoms with van der Waals surface area (Å²) in [7, 11) is 1.78. The van der Waals surface area contributed by atoms with E-state index in [0.717, 1.165) is 5.75 Å². The lowest BCUT2D eigenvalue weighted by atomic mass is 9.70. The van der Waals surface area contributed by atoms with Crippen molar-refractivity contribution in [3.05, 3.63) is 23.8 Å². The Morgan fingerprint density at radius 2 is 1.09 bits per heavy atom. The predicted molar refractivity (Wildman–Crippen MR) is 151 cm³/mol. The highest BCUT2D eigenvalue weighted by molar-refractivity contribution is 6.00. The minimum Gasteiger partial charge on any atom is -0.497 e. The fourth-order valence-corrected chi connectivity index (χ4v) is 5.84. The van der Waals surface area contributed by atoms with Crippen LogP contribution < -0.4 is 4.74 Å². The van der Waals surface area contributed by atoms with Crippen molar-refractivity contribution in [1.29, 1.82) is 0 Å². The molecule has 0 saturated heterocycles. The van der Waals surface area contributed by atoms with Gasteiger partial charge in [0.05, 0.1) is 12.8 Å². The highest BCUT2D eigenvalue weighted by Gasteiger charge is 2.40. The number of ether oxygens (including phenoxy) is 1. The molecule has 2 nitrogen and oxygen atoms in total. The molecule has 1 aromatic carbocycles. The Morgan fingerprint density at radius 3 is 1.53 bits per heavy atom. The number of aliphatic imine (C=N–C) groups is 1. The van der Waals surface area contributed by atoms with Crippen LogP contribution in [-0.4, -0.2) is 12.8 Å². The van der Waals surface area contributed by atoms with Gasteiger partial charge in [-0.15, -0.1) is 0 Å². The topological polar surface area (TPSA) is 21.6 Å². The fraction of sp³-hybridized carbons (Fsp3) is 0.781. The normalized spacial score (nSPS) is 17.1. The first kappa shape index (κ1) is 28.9. The van der Waals surface area contributed by atoms with Gasteiger partial charge in [0, 0.05) is 11.1 Å². The van der Waals surface area contributed by atoms with Gasteiger partial charge in [-0.25, -0.2) is 0 Å². The minimum atomic E-state index is 0.131. The van der Waals surface area contributed by atoms with Gasteiger partial charge < -0.3 is 4.74 Å². The number of hydrogen-bond donors (Lipinski definition) is 0. The number of rotatable bonds is 21. The monoisotopic (exact) mass is 469 g/mol. The Morgan fingerprint density at radius 1 is 0.647 bits per heavy atom. The molecule has 1 aliphatic heterocycles. The maximum absolute atomic E-state index is 5.61. The summed E-state index contributed by atoms with van der Waals surface area (Å²) in [5, 5.41) is 0. The first-order valence-corrected chi connectivity index (χ1v) is 14.9. The molecule has 0 fully saturated rings. The highest BCUT2D eigenvalue weighted by atomic mass is 16.5. The van der Waals surface area contributed by atoms with Crippen LogP contribution in [0.1, 0.15) is 155 Å². The average molecular weight is 470 g/mol. The standard InChI is InChI=1S/C32H55NO/c1-5-7-9-11-13-15-16-18-20-22-26-32(25-21-19-17-14-12-10-8-6-2)28(3)33-31-24-23-29(34-4)27-30(31)32/h23-24,27H,5-22,25-26H2,1-4H3. The molecule has 0 amide bonds. The summed E-state index contributed by atoms with van der Waals surface area (Å²) in [4.78, 5) is 5.05. The van der Waals surface area contributed by atoms with Crippen molar-refractivity contribution in [3.63, 3.8) is 0 Å². The molecule has 0 N–H and O–H groups in total. The molecule has 0 spiro atoms. The first-order valence-electron chi connectivity index (χ1n) is 14.9. The van der Waals surface area contributed by atoms with E-state index < -0.39 is 0 Å². The second-order valence-electron chi connectivity index (χ2n) is 10.8. The molecule has 1 heterocycles. The van der Waals surface area contributed by atoms with Crippen LogP contribution in [0.15, 0.2) is 23.2 Å². The van der Waals surface area contributed by atoms with Gasteiger partial charge in [0.2, 0.25) is 0 Å². The van der Waals surface area contributed by atoms with Crippen molar-refractivity contribution in [2.45, 2.75) is 155 Å². The van der Waals surface area contributed by atoms with Crippen LogP contribution >= 0.6 is 0 Å². The summed E-state index contributed by atoms with van der Waals surface area (Å²) in [6.45, 7) is 6.88. The molecule has 1 atom stereocenters. The van der Waals surface area contributed by atoms with Crippen LogP contribution in [0.3, 0.4) is 0 Å². The zero-order chi connectivity index (χ0) is 24.5. The molecule has 1 aromatic rings. The van der Waals surface area contributed by atoms with Gasteiger partial charge in [0.1, 0.15) is 5.75 Å². The van der Waals surface area contributed by atoms with Crippen LogP contribution in [0.25, 0.3) is 0 Å². The van der Waals surface area contributed by atoms with Crippen molar-refractivity contribution in [2.24, 2.45) is 4.99 Å². The van der Waals surface area contributed by atoms with Crippen LogP contribution in [0.4, 0.5) is 5.69 Å². The number of methoxy groups -OCH3 is 1. The predicted octanol–water partition coefficient (Wildman–Crippen LogP) is 10.9. The summed E-state index contributed by atoms with van der Waals surface area (Å²) >= 11 is 0. The van der Waals surface area contributed by atoms with E-state index >= 15 is 0 Å². The van der Waals surface area contributed by atoms with Crippen molar-refractivity contribution in [1.82, 2.24) is 0 Å². The van der Waals surface area contributed by atoms with Gasteiger partial charge in [-0.05, 0) is 43.5 Å². The first-order chi connectivity index (χ1) is 16.7. The minimum absolute atomic E-state index is 0.131. The molecule has 34 heavy (non-hydrogen) atoms. The lowest BCUT2D eigenvalue weighted by Crippen LogP contribution is -2.31. The summed E-state index contributed by atoms with van der Waals surface area (Å²) in [5.41, 5.74) is 4.09. The molecule has 0 radical (unpaired) electrons. The van der Waals surface area contributed by atoms with Gasteiger partial charge in [0.25, 0.3) is 0 Å². The zero-order valence-electron chi connectivity index (χ0n) is 23.2. The maximum atomic E-state index is 5.61. The number of hydrogen-bond acceptors (Lipinski definition) is 2. The maximum Gasteiger partial charge on any atom is 0.119 e. The summed E-state index contributed by atoms with van der Waals surface area (Å²) in [6, 6.07) is 6.53. The van der Waals surface area contributed by atoms with Gasteiger partial charge in [0.15, 0.2) is 0 Å². The van der Waals surface area contributed by atoms with Gasteiger partial charge in [-0.1, -0.05) is 129 Å². The van der Waals surface area contributed by atoms with Crippen molar-refractivity contribution in [2.75, 3.05) is 7.11 Å². The highest BCUT2D eigenvalue weighted by Crippen LogP contribution is 2.48. The van der Waals surface area contributed by atoms with Crippen LogP contribution in [0.5, 0.6) is 5.75 Å². The summed E-state index contributed by atoms with van der Waals surface area (Å²) < 4.78 is 5.61. The molecular formula is C32H55NO. The Hall–Kier alpha value is -1.31. The molecule has 194 valence electrons. The molecule has 1 aliphatic rings. The number of benzene rings is 1. The van der Waals surface area contributed by atoms with Gasteiger partial charge in [-0.2, -0.15) is 0 Å². The van der Waals surface area contributed by atoms with Crippen molar-refractivity contribution >= 4 is 11.4 Å². The third-order valence-electron chi connectivity index (χ3n) is 8.11. The summed E-state index contributed by atoms with van der Waals surface area (Å²) in [6.07, 6.45) is 27.5. The van der Waals surface area contributed by atoms with E-state index in [2.05, 4.69) is 39.0 Å². The Kier molecular flexibility index (Phi) is 14.6. The Balaban J connectivity index is 1.85. The smallest absolute Gasteiger partial charge is 0.119 e. The van der Waals surface area contributed by atoms with E-state index in [-0.39, 0.29) is 5.41 Å². The summed E-state index contributed by atoms with van der Waals surface area (Å²) in [5.74, 6) is 0.979. The van der Waals surface area contributed by atoms with Gasteiger partial charge >= 0.3 is 0 Å². The van der Waals surface area contributed by atoms with E-state index in [4.69, 9.17) is 9.73 Å². The fourth-order valence-electron chi connectivity index (χ4n) is 5.84. The van der Waals surface area contributed by atoms with Crippen LogP contribution in [0, 0.1) is 0 Å². The third-order valence-corrected chi connectivity index (χ3v) is 8.11. The Labute approximate surface area is 212 Å². The average Bonchev–Trinajstić information content (AvgIpc) is 3.12. The van der Waals surface area contributed by atoms with E-state index in [1.54, 1.807) is 7.11 Å². The quantitative estimate of drug-likeness (QED) is 0.164. The second-order valence-corrected chi connectivity index (χ2v) is 10.8. The molecule has 0 aromatic heterocycles. The molecule has 0 bridgehead atoms. The van der Waals surface area contributed by atoms with Crippen molar-refractivity contribution in [3.8, 4) is 5.75 Å². The van der Waals surface area contributed by atoms with E-state index in [1.165, 1.54) is 145 Å². The largest absolute Gasteiger partial charge is 0.497 e. The molecule has 0 aliphatic carbocycles. The van der Waals surface area contributed by atoms with Gasteiger partial charge in [-0.3, -0.25) is 4.99 Å². The molecular weight excluding hydrogens is 414 g/mol. The molecule has 2 rings (SSSR count). The molecule has 1 unspecified atom stereocenters. The van der Waals surface area contributed by atoms with Crippen LogP contribution in [-0.2, 0) is 5.41 Å². The third kappa shape index (κ3) is 9.38. The van der Waals surface area contributed by atoms with Crippen molar-refractivity contribution < 1.29 is 4.74 Å². The number of fused-ring (bicyclic) bond motifs is 1. The molecule has 2 heteroatoms. The van der Waals surface area contributed by atoms with E-state index in [0.29, 0.717) is 0 Å². The van der Waals surface area contributed by atoms with E-state index in [9.17, 15) is 0 Å². The zero-order valence-corrected chi connectivity index (χ0v) is 23.2. The second kappa shape index (κ2) is 17.2. The molecule has 0 saturated carbocycles. The van der Waals surface area contributed by atoms with Crippen LogP contribution in [0.2, 0.25) is 0 Å². The lowest BCUT2D eigenvalue weighted by Gasteiger charge is -2.32. The van der Waals surface area contributed by atoms with E-state index in [1.807, 2.05) is 0 Å². The lowest BCUT2D eigenvalue weighted by molar-refractivity contribution is 0.407.